The van der Waals surface area contributed by atoms with Crippen molar-refractivity contribution in [2.45, 2.75) is 20.4 Å². The second kappa shape index (κ2) is 8.05. The number of rotatable bonds is 4. The fraction of sp³-hybridized carbons (Fsp3) is 0.150. The molecule has 0 aliphatic carbocycles. The van der Waals surface area contributed by atoms with Gasteiger partial charge in [0.25, 0.3) is 11.8 Å². The summed E-state index contributed by atoms with van der Waals surface area (Å²) in [7, 11) is 0. The van der Waals surface area contributed by atoms with E-state index >= 15 is 0 Å². The van der Waals surface area contributed by atoms with E-state index < -0.39 is 11.8 Å². The van der Waals surface area contributed by atoms with Crippen LogP contribution in [0.25, 0.3) is 0 Å². The molecule has 6 nitrogen and oxygen atoms in total. The van der Waals surface area contributed by atoms with Crippen molar-refractivity contribution in [3.05, 3.63) is 87.7 Å². The molecule has 27 heavy (non-hydrogen) atoms. The molecule has 7 heteroatoms. The first kappa shape index (κ1) is 18.7. The molecule has 0 saturated carbocycles. The van der Waals surface area contributed by atoms with Gasteiger partial charge in [-0.3, -0.25) is 20.4 Å². The van der Waals surface area contributed by atoms with Crippen molar-refractivity contribution in [3.8, 4) is 0 Å². The van der Waals surface area contributed by atoms with E-state index in [1.807, 2.05) is 31.2 Å². The van der Waals surface area contributed by atoms with E-state index in [9.17, 15) is 9.59 Å². The third kappa shape index (κ3) is 4.35. The maximum Gasteiger partial charge on any atom is 0.274 e. The number of amides is 2. The van der Waals surface area contributed by atoms with Gasteiger partial charge in [0.15, 0.2) is 0 Å². The van der Waals surface area contributed by atoms with E-state index in [2.05, 4.69) is 16.0 Å². The molecule has 0 fully saturated rings. The lowest BCUT2D eigenvalue weighted by atomic mass is 10.1. The van der Waals surface area contributed by atoms with Crippen LogP contribution in [0.3, 0.4) is 0 Å². The van der Waals surface area contributed by atoms with Crippen molar-refractivity contribution in [1.29, 1.82) is 0 Å². The fourth-order valence-corrected chi connectivity index (χ4v) is 2.94. The van der Waals surface area contributed by atoms with Gasteiger partial charge in [-0.25, -0.2) is 4.68 Å². The number of carbonyl (C=O) groups is 2. The highest BCUT2D eigenvalue weighted by Crippen LogP contribution is 2.21. The standard InChI is InChI=1S/C20H19ClN4O2/c1-13-8-10-15(11-9-13)12-25-18(21)17(14(2)24-25)20(27)23-22-19(26)16-6-4-3-5-7-16/h3-11H,12H2,1-2H3,(H,22,26)(H,23,27). The average Bonchev–Trinajstić information content (AvgIpc) is 2.95. The fourth-order valence-electron chi connectivity index (χ4n) is 2.62. The second-order valence-electron chi connectivity index (χ2n) is 6.17. The van der Waals surface area contributed by atoms with Crippen LogP contribution < -0.4 is 10.9 Å². The van der Waals surface area contributed by atoms with E-state index in [1.54, 1.807) is 41.9 Å². The van der Waals surface area contributed by atoms with Crippen LogP contribution in [-0.2, 0) is 6.54 Å². The maximum absolute atomic E-state index is 12.5. The van der Waals surface area contributed by atoms with Crippen LogP contribution in [0, 0.1) is 13.8 Å². The highest BCUT2D eigenvalue weighted by atomic mass is 35.5. The SMILES string of the molecule is Cc1ccc(Cn2nc(C)c(C(=O)NNC(=O)c3ccccc3)c2Cl)cc1. The number of nitrogens with one attached hydrogen (secondary N) is 2. The molecule has 0 unspecified atom stereocenters. The molecule has 138 valence electrons. The van der Waals surface area contributed by atoms with Crippen LogP contribution in [0.1, 0.15) is 37.5 Å². The van der Waals surface area contributed by atoms with Crippen LogP contribution >= 0.6 is 11.6 Å². The van der Waals surface area contributed by atoms with Crippen LogP contribution in [0.5, 0.6) is 0 Å². The third-order valence-electron chi connectivity index (χ3n) is 4.07. The maximum atomic E-state index is 12.5. The summed E-state index contributed by atoms with van der Waals surface area (Å²) in [5, 5.41) is 4.57. The molecule has 0 bridgehead atoms. The zero-order chi connectivity index (χ0) is 19.4. The summed E-state index contributed by atoms with van der Waals surface area (Å²) in [6, 6.07) is 16.6. The Morgan fingerprint density at radius 3 is 2.26 bits per heavy atom. The van der Waals surface area contributed by atoms with Gasteiger partial charge < -0.3 is 0 Å². The predicted octanol–water partition coefficient (Wildman–Crippen LogP) is 3.28. The van der Waals surface area contributed by atoms with Gasteiger partial charge in [-0.1, -0.05) is 59.6 Å². The van der Waals surface area contributed by atoms with Gasteiger partial charge in [0.1, 0.15) is 10.7 Å². The van der Waals surface area contributed by atoms with Crippen LogP contribution in [0.4, 0.5) is 0 Å². The van der Waals surface area contributed by atoms with Gasteiger partial charge in [0, 0.05) is 5.56 Å². The molecule has 0 atom stereocenters. The second-order valence-corrected chi connectivity index (χ2v) is 6.53. The Morgan fingerprint density at radius 2 is 1.59 bits per heavy atom. The number of benzene rings is 2. The number of hydrogen-bond donors (Lipinski definition) is 2. The van der Waals surface area contributed by atoms with E-state index in [0.717, 1.165) is 11.1 Å². The van der Waals surface area contributed by atoms with Crippen molar-refractivity contribution < 1.29 is 9.59 Å². The highest BCUT2D eigenvalue weighted by molar-refractivity contribution is 6.33. The average molecular weight is 383 g/mol. The van der Waals surface area contributed by atoms with E-state index in [1.165, 1.54) is 0 Å². The Labute approximate surface area is 162 Å². The zero-order valence-corrected chi connectivity index (χ0v) is 15.7. The predicted molar refractivity (Wildman–Crippen MR) is 104 cm³/mol. The molecule has 2 amide bonds. The Hall–Kier alpha value is -3.12. The van der Waals surface area contributed by atoms with Gasteiger partial charge in [-0.2, -0.15) is 5.10 Å². The molecule has 0 spiro atoms. The monoisotopic (exact) mass is 382 g/mol. The Kier molecular flexibility index (Phi) is 5.57. The highest BCUT2D eigenvalue weighted by Gasteiger charge is 2.21. The molecular formula is C20H19ClN4O2. The van der Waals surface area contributed by atoms with E-state index in [4.69, 9.17) is 11.6 Å². The molecule has 1 heterocycles. The number of aryl methyl sites for hydroxylation is 2. The normalized spacial score (nSPS) is 10.5. The summed E-state index contributed by atoms with van der Waals surface area (Å²) in [6.07, 6.45) is 0. The number of aromatic nitrogens is 2. The Morgan fingerprint density at radius 1 is 0.963 bits per heavy atom. The first-order chi connectivity index (χ1) is 13.0. The smallest absolute Gasteiger partial charge is 0.267 e. The van der Waals surface area contributed by atoms with Crippen molar-refractivity contribution in [2.75, 3.05) is 0 Å². The van der Waals surface area contributed by atoms with Gasteiger partial charge >= 0.3 is 0 Å². The summed E-state index contributed by atoms with van der Waals surface area (Å²) in [5.41, 5.74) is 8.11. The number of carbonyl (C=O) groups excluding carboxylic acids is 2. The summed E-state index contributed by atoms with van der Waals surface area (Å²) < 4.78 is 1.56. The van der Waals surface area contributed by atoms with Crippen molar-refractivity contribution in [1.82, 2.24) is 20.6 Å². The molecule has 1 aromatic heterocycles. The van der Waals surface area contributed by atoms with Gasteiger partial charge in [-0.05, 0) is 31.5 Å². The minimum Gasteiger partial charge on any atom is -0.267 e. The Balaban J connectivity index is 1.70. The lowest BCUT2D eigenvalue weighted by molar-refractivity contribution is 0.0846. The first-order valence-corrected chi connectivity index (χ1v) is 8.77. The first-order valence-electron chi connectivity index (χ1n) is 8.40. The van der Waals surface area contributed by atoms with Gasteiger partial charge in [0.2, 0.25) is 0 Å². The number of hydrogen-bond acceptors (Lipinski definition) is 3. The summed E-state index contributed by atoms with van der Waals surface area (Å²) in [5.74, 6) is -0.929. The third-order valence-corrected chi connectivity index (χ3v) is 4.46. The van der Waals surface area contributed by atoms with E-state index in [-0.39, 0.29) is 10.7 Å². The topological polar surface area (TPSA) is 76.0 Å². The largest absolute Gasteiger partial charge is 0.274 e. The summed E-state index contributed by atoms with van der Waals surface area (Å²) in [4.78, 5) is 24.5. The molecule has 0 aliphatic heterocycles. The van der Waals surface area contributed by atoms with Crippen LogP contribution in [0.2, 0.25) is 5.15 Å². The van der Waals surface area contributed by atoms with Crippen molar-refractivity contribution >= 4 is 23.4 Å². The molecule has 2 aromatic carbocycles. The number of hydrazine groups is 1. The van der Waals surface area contributed by atoms with Gasteiger partial charge in [0.05, 0.1) is 12.2 Å². The number of halogens is 1. The molecule has 0 aliphatic rings. The molecule has 2 N–H and O–H groups in total. The zero-order valence-electron chi connectivity index (χ0n) is 15.0. The van der Waals surface area contributed by atoms with Crippen molar-refractivity contribution in [3.63, 3.8) is 0 Å². The summed E-state index contributed by atoms with van der Waals surface area (Å²) in [6.45, 7) is 4.16. The lowest BCUT2D eigenvalue weighted by Crippen LogP contribution is -2.41. The quantitative estimate of drug-likeness (QED) is 0.680. The van der Waals surface area contributed by atoms with Crippen molar-refractivity contribution in [2.24, 2.45) is 0 Å². The molecule has 0 radical (unpaired) electrons. The minimum atomic E-state index is -0.517. The van der Waals surface area contributed by atoms with Crippen LogP contribution in [-0.4, -0.2) is 21.6 Å². The molecular weight excluding hydrogens is 364 g/mol. The summed E-state index contributed by atoms with van der Waals surface area (Å²) >= 11 is 6.36. The molecule has 3 aromatic rings. The molecule has 3 rings (SSSR count). The number of nitrogens with zero attached hydrogens (tertiary/aromatic N) is 2. The van der Waals surface area contributed by atoms with E-state index in [0.29, 0.717) is 17.8 Å². The Bertz CT molecular complexity index is 966. The van der Waals surface area contributed by atoms with Gasteiger partial charge in [-0.15, -0.1) is 0 Å². The minimum absolute atomic E-state index is 0.222. The molecule has 0 saturated heterocycles. The lowest BCUT2D eigenvalue weighted by Gasteiger charge is -2.08. The van der Waals surface area contributed by atoms with Crippen LogP contribution in [0.15, 0.2) is 54.6 Å².